The average molecular weight is 291 g/mol. The van der Waals surface area contributed by atoms with Gasteiger partial charge in [0.2, 0.25) is 5.95 Å². The van der Waals surface area contributed by atoms with Crippen LogP contribution in [0, 0.1) is 13.8 Å². The molecule has 0 aliphatic rings. The lowest BCUT2D eigenvalue weighted by molar-refractivity contribution is 0.391. The van der Waals surface area contributed by atoms with Crippen LogP contribution in [0.25, 0.3) is 11.0 Å². The molecule has 104 valence electrons. The van der Waals surface area contributed by atoms with Crippen molar-refractivity contribution in [3.63, 3.8) is 0 Å². The number of hydrogen-bond acceptors (Lipinski definition) is 4. The largest absolute Gasteiger partial charge is 0.369 e. The van der Waals surface area contributed by atoms with Gasteiger partial charge in [-0.05, 0) is 32.9 Å². The molecule has 0 saturated heterocycles. The predicted octanol–water partition coefficient (Wildman–Crippen LogP) is 3.49. The molecule has 0 bridgehead atoms. The zero-order valence-corrected chi connectivity index (χ0v) is 12.3. The monoisotopic (exact) mass is 290 g/mol. The van der Waals surface area contributed by atoms with Gasteiger partial charge in [-0.1, -0.05) is 22.8 Å². The van der Waals surface area contributed by atoms with Crippen LogP contribution in [0.1, 0.15) is 30.0 Å². The first-order chi connectivity index (χ1) is 9.50. The molecule has 2 N–H and O–H groups in total. The topological polar surface area (TPSA) is 69.9 Å². The smallest absolute Gasteiger partial charge is 0.201 e. The summed E-state index contributed by atoms with van der Waals surface area (Å²) in [6.07, 6.45) is 0. The van der Waals surface area contributed by atoms with Gasteiger partial charge in [-0.3, -0.25) is 0 Å². The number of benzene rings is 1. The Bertz CT molecular complexity index is 770. The van der Waals surface area contributed by atoms with Crippen molar-refractivity contribution in [3.8, 4) is 0 Å². The van der Waals surface area contributed by atoms with Gasteiger partial charge in [0, 0.05) is 5.56 Å². The van der Waals surface area contributed by atoms with Crippen molar-refractivity contribution in [1.29, 1.82) is 0 Å². The van der Waals surface area contributed by atoms with Crippen LogP contribution in [-0.2, 0) is 0 Å². The minimum Gasteiger partial charge on any atom is -0.369 e. The maximum Gasteiger partial charge on any atom is 0.201 e. The molecule has 1 aromatic carbocycles. The van der Waals surface area contributed by atoms with Crippen molar-refractivity contribution in [3.05, 3.63) is 40.2 Å². The second-order valence-electron chi connectivity index (χ2n) is 4.86. The molecule has 5 nitrogen and oxygen atoms in total. The van der Waals surface area contributed by atoms with Crippen LogP contribution in [0.2, 0.25) is 5.02 Å². The molecule has 20 heavy (non-hydrogen) atoms. The van der Waals surface area contributed by atoms with E-state index in [0.29, 0.717) is 16.5 Å². The maximum atomic E-state index is 6.17. The van der Waals surface area contributed by atoms with E-state index in [0.717, 1.165) is 22.5 Å². The quantitative estimate of drug-likeness (QED) is 0.784. The van der Waals surface area contributed by atoms with Crippen LogP contribution < -0.4 is 5.73 Å². The first-order valence-corrected chi connectivity index (χ1v) is 6.73. The van der Waals surface area contributed by atoms with E-state index in [9.17, 15) is 0 Å². The summed E-state index contributed by atoms with van der Waals surface area (Å²) in [7, 11) is 0. The van der Waals surface area contributed by atoms with Crippen molar-refractivity contribution >= 4 is 28.6 Å². The summed E-state index contributed by atoms with van der Waals surface area (Å²) in [5.74, 6) is 1.22. The first-order valence-electron chi connectivity index (χ1n) is 6.35. The number of nitrogens with zero attached hydrogens (tertiary/aromatic N) is 3. The third-order valence-corrected chi connectivity index (χ3v) is 3.90. The number of aromatic nitrogens is 3. The summed E-state index contributed by atoms with van der Waals surface area (Å²) in [5.41, 5.74) is 9.57. The molecular formula is C14H15ClN4O. The van der Waals surface area contributed by atoms with Gasteiger partial charge >= 0.3 is 0 Å². The molecule has 0 aliphatic heterocycles. The standard InChI is InChI=1S/C14H15ClN4O/c1-7-12(9(3)20-18-7)8(2)19-11-6-4-5-10(15)13(11)17-14(19)16/h4-6,8H,1-3H3,(H2,16,17). The van der Waals surface area contributed by atoms with E-state index in [1.807, 2.05) is 37.5 Å². The minimum absolute atomic E-state index is 0.0234. The van der Waals surface area contributed by atoms with Gasteiger partial charge < -0.3 is 14.8 Å². The minimum atomic E-state index is -0.0234. The molecule has 0 spiro atoms. The first kappa shape index (κ1) is 13.0. The number of nitrogen functional groups attached to an aromatic ring is 1. The lowest BCUT2D eigenvalue weighted by Gasteiger charge is -2.15. The third-order valence-electron chi connectivity index (χ3n) is 3.59. The zero-order chi connectivity index (χ0) is 14.4. The molecule has 1 unspecified atom stereocenters. The van der Waals surface area contributed by atoms with E-state index in [-0.39, 0.29) is 6.04 Å². The fourth-order valence-electron chi connectivity index (χ4n) is 2.72. The van der Waals surface area contributed by atoms with Gasteiger partial charge in [-0.15, -0.1) is 0 Å². The van der Waals surface area contributed by atoms with E-state index in [1.54, 1.807) is 6.07 Å². The van der Waals surface area contributed by atoms with E-state index >= 15 is 0 Å². The van der Waals surface area contributed by atoms with Crippen molar-refractivity contribution in [2.45, 2.75) is 26.8 Å². The van der Waals surface area contributed by atoms with Crippen LogP contribution in [0.5, 0.6) is 0 Å². The van der Waals surface area contributed by atoms with E-state index < -0.39 is 0 Å². The highest BCUT2D eigenvalue weighted by molar-refractivity contribution is 6.35. The maximum absolute atomic E-state index is 6.17. The Hall–Kier alpha value is -2.01. The summed E-state index contributed by atoms with van der Waals surface area (Å²) < 4.78 is 7.19. The van der Waals surface area contributed by atoms with Gasteiger partial charge in [0.25, 0.3) is 0 Å². The molecule has 0 aliphatic carbocycles. The Morgan fingerprint density at radius 3 is 2.75 bits per heavy atom. The second kappa shape index (κ2) is 4.52. The second-order valence-corrected chi connectivity index (χ2v) is 5.27. The SMILES string of the molecule is Cc1noc(C)c1C(C)n1c(N)nc2c(Cl)cccc21. The summed E-state index contributed by atoms with van der Waals surface area (Å²) in [6, 6.07) is 5.63. The third kappa shape index (κ3) is 1.78. The van der Waals surface area contributed by atoms with Gasteiger partial charge in [0.15, 0.2) is 0 Å². The van der Waals surface area contributed by atoms with Crippen LogP contribution in [0.15, 0.2) is 22.7 Å². The predicted molar refractivity (Wildman–Crippen MR) is 78.9 cm³/mol. The number of para-hydroxylation sites is 1. The molecule has 0 radical (unpaired) electrons. The Morgan fingerprint density at radius 2 is 2.10 bits per heavy atom. The number of anilines is 1. The normalized spacial score (nSPS) is 13.0. The molecule has 0 fully saturated rings. The molecular weight excluding hydrogens is 276 g/mol. The number of rotatable bonds is 2. The fourth-order valence-corrected chi connectivity index (χ4v) is 2.94. The van der Waals surface area contributed by atoms with Crippen LogP contribution in [-0.4, -0.2) is 14.7 Å². The average Bonchev–Trinajstić information content (AvgIpc) is 2.90. The molecule has 2 aromatic heterocycles. The van der Waals surface area contributed by atoms with Crippen molar-refractivity contribution in [2.75, 3.05) is 5.73 Å². The van der Waals surface area contributed by atoms with Gasteiger partial charge in [-0.2, -0.15) is 0 Å². The van der Waals surface area contributed by atoms with Crippen LogP contribution in [0.3, 0.4) is 0 Å². The Balaban J connectivity index is 2.25. The number of nitrogens with two attached hydrogens (primary N) is 1. The summed E-state index contributed by atoms with van der Waals surface area (Å²) in [4.78, 5) is 4.36. The molecule has 3 rings (SSSR count). The number of fused-ring (bicyclic) bond motifs is 1. The Labute approximate surface area is 121 Å². The highest BCUT2D eigenvalue weighted by atomic mass is 35.5. The molecule has 0 saturated carbocycles. The lowest BCUT2D eigenvalue weighted by Crippen LogP contribution is -2.11. The molecule has 6 heteroatoms. The number of hydrogen-bond donors (Lipinski definition) is 1. The van der Waals surface area contributed by atoms with Gasteiger partial charge in [0.1, 0.15) is 11.3 Å². The van der Waals surface area contributed by atoms with E-state index in [4.69, 9.17) is 21.9 Å². The Kier molecular flexibility index (Phi) is 2.94. The number of imidazole rings is 1. The Morgan fingerprint density at radius 1 is 1.35 bits per heavy atom. The van der Waals surface area contributed by atoms with E-state index in [2.05, 4.69) is 10.1 Å². The van der Waals surface area contributed by atoms with E-state index in [1.165, 1.54) is 0 Å². The zero-order valence-electron chi connectivity index (χ0n) is 11.5. The van der Waals surface area contributed by atoms with Crippen molar-refractivity contribution < 1.29 is 4.52 Å². The van der Waals surface area contributed by atoms with Gasteiger partial charge in [-0.25, -0.2) is 4.98 Å². The highest BCUT2D eigenvalue weighted by Crippen LogP contribution is 2.32. The lowest BCUT2D eigenvalue weighted by atomic mass is 10.1. The highest BCUT2D eigenvalue weighted by Gasteiger charge is 2.22. The van der Waals surface area contributed by atoms with Crippen molar-refractivity contribution in [1.82, 2.24) is 14.7 Å². The summed E-state index contributed by atoms with van der Waals surface area (Å²) in [5, 5.41) is 4.59. The fraction of sp³-hybridized carbons (Fsp3) is 0.286. The molecule has 3 aromatic rings. The molecule has 2 heterocycles. The summed E-state index contributed by atoms with van der Waals surface area (Å²) >= 11 is 6.17. The number of halogens is 1. The van der Waals surface area contributed by atoms with Crippen LogP contribution >= 0.6 is 11.6 Å². The van der Waals surface area contributed by atoms with Crippen molar-refractivity contribution in [2.24, 2.45) is 0 Å². The van der Waals surface area contributed by atoms with Crippen LogP contribution in [0.4, 0.5) is 5.95 Å². The number of aryl methyl sites for hydroxylation is 2. The molecule has 0 amide bonds. The van der Waals surface area contributed by atoms with Gasteiger partial charge in [0.05, 0.1) is 22.3 Å². The molecule has 1 atom stereocenters. The summed E-state index contributed by atoms with van der Waals surface area (Å²) in [6.45, 7) is 5.86.